The Morgan fingerprint density at radius 3 is 2.72 bits per heavy atom. The lowest BCUT2D eigenvalue weighted by atomic mass is 9.97. The predicted molar refractivity (Wildman–Crippen MR) is 130 cm³/mol. The molecular weight excluding hydrogens is 402 g/mol. The number of amides is 1. The molecule has 3 N–H and O–H groups in total. The van der Waals surface area contributed by atoms with Gasteiger partial charge in [-0.1, -0.05) is 36.4 Å². The van der Waals surface area contributed by atoms with E-state index in [-0.39, 0.29) is 5.91 Å². The lowest BCUT2D eigenvalue weighted by Crippen LogP contribution is -2.51. The van der Waals surface area contributed by atoms with Crippen molar-refractivity contribution >= 4 is 17.6 Å². The minimum absolute atomic E-state index is 0.0982. The summed E-state index contributed by atoms with van der Waals surface area (Å²) in [5.41, 5.74) is 2.10. The highest BCUT2D eigenvalue weighted by Gasteiger charge is 2.25. The van der Waals surface area contributed by atoms with Crippen LogP contribution in [0.2, 0.25) is 0 Å². The average Bonchev–Trinajstić information content (AvgIpc) is 2.78. The first-order valence-electron chi connectivity index (χ1n) is 11.3. The van der Waals surface area contributed by atoms with Gasteiger partial charge < -0.3 is 20.7 Å². The summed E-state index contributed by atoms with van der Waals surface area (Å²) in [6, 6.07) is 19.0. The number of carbonyl (C=O) groups excluding carboxylic acids is 1. The third kappa shape index (κ3) is 7.57. The molecule has 2 aromatic rings. The quantitative estimate of drug-likeness (QED) is 0.336. The van der Waals surface area contributed by atoms with Gasteiger partial charge in [0, 0.05) is 50.9 Å². The topological polar surface area (TPSA) is 78.0 Å². The van der Waals surface area contributed by atoms with E-state index >= 15 is 0 Å². The van der Waals surface area contributed by atoms with E-state index in [0.717, 1.165) is 43.3 Å². The number of guanidine groups is 1. The van der Waals surface area contributed by atoms with Crippen LogP contribution >= 0.6 is 0 Å². The van der Waals surface area contributed by atoms with Crippen molar-refractivity contribution in [2.75, 3.05) is 32.1 Å². The first kappa shape index (κ1) is 23.6. The smallest absolute Gasteiger partial charge is 0.221 e. The fourth-order valence-corrected chi connectivity index (χ4v) is 4.00. The van der Waals surface area contributed by atoms with Gasteiger partial charge in [0.15, 0.2) is 5.96 Å². The van der Waals surface area contributed by atoms with Crippen LogP contribution in [0.3, 0.4) is 0 Å². The standard InChI is InChI=1S/C25H35N5O2/c1-19-16-23(12-14-30(19)18-21-8-5-4-6-9-21)29-25(26-3)27-13-15-32-24-11-7-10-22(17-24)28-20(2)31/h4-11,17,19,23H,12-16,18H2,1-3H3,(H,28,31)(H2,26,27,29). The van der Waals surface area contributed by atoms with Crippen LogP contribution in [0.15, 0.2) is 59.6 Å². The van der Waals surface area contributed by atoms with Crippen LogP contribution in [-0.2, 0) is 11.3 Å². The van der Waals surface area contributed by atoms with Crippen molar-refractivity contribution in [3.05, 3.63) is 60.2 Å². The number of anilines is 1. The second kappa shape index (κ2) is 12.1. The summed E-state index contributed by atoms with van der Waals surface area (Å²) in [4.78, 5) is 18.1. The molecule has 172 valence electrons. The molecule has 0 radical (unpaired) electrons. The van der Waals surface area contributed by atoms with E-state index < -0.39 is 0 Å². The zero-order valence-electron chi connectivity index (χ0n) is 19.3. The van der Waals surface area contributed by atoms with Crippen LogP contribution in [-0.4, -0.2) is 55.6 Å². The van der Waals surface area contributed by atoms with Gasteiger partial charge in [-0.2, -0.15) is 0 Å². The van der Waals surface area contributed by atoms with Gasteiger partial charge in [0.25, 0.3) is 0 Å². The largest absolute Gasteiger partial charge is 0.492 e. The second-order valence-corrected chi connectivity index (χ2v) is 8.23. The predicted octanol–water partition coefficient (Wildman–Crippen LogP) is 3.24. The number of benzene rings is 2. The molecular formula is C25H35N5O2. The van der Waals surface area contributed by atoms with Gasteiger partial charge >= 0.3 is 0 Å². The van der Waals surface area contributed by atoms with E-state index in [4.69, 9.17) is 4.74 Å². The highest BCUT2D eigenvalue weighted by molar-refractivity contribution is 5.88. The lowest BCUT2D eigenvalue weighted by molar-refractivity contribution is -0.114. The molecule has 1 aliphatic heterocycles. The van der Waals surface area contributed by atoms with E-state index in [1.54, 1.807) is 7.05 Å². The van der Waals surface area contributed by atoms with Crippen LogP contribution < -0.4 is 20.7 Å². The molecule has 0 aliphatic carbocycles. The van der Waals surface area contributed by atoms with Gasteiger partial charge in [-0.25, -0.2) is 0 Å². The summed E-state index contributed by atoms with van der Waals surface area (Å²) < 4.78 is 5.80. The van der Waals surface area contributed by atoms with Gasteiger partial charge in [0.05, 0.1) is 6.54 Å². The Morgan fingerprint density at radius 2 is 2.00 bits per heavy atom. The molecule has 3 rings (SSSR count). The Kier molecular flexibility index (Phi) is 8.92. The van der Waals surface area contributed by atoms with Gasteiger partial charge in [0.2, 0.25) is 5.91 Å². The highest BCUT2D eigenvalue weighted by Crippen LogP contribution is 2.20. The minimum Gasteiger partial charge on any atom is -0.492 e. The molecule has 0 spiro atoms. The number of nitrogens with zero attached hydrogens (tertiary/aromatic N) is 2. The molecule has 0 bridgehead atoms. The Bertz CT molecular complexity index is 887. The Labute approximate surface area is 191 Å². The number of hydrogen-bond acceptors (Lipinski definition) is 4. The molecule has 32 heavy (non-hydrogen) atoms. The molecule has 2 atom stereocenters. The number of aliphatic imine (C=N–C) groups is 1. The molecule has 7 nitrogen and oxygen atoms in total. The van der Waals surface area contributed by atoms with Crippen molar-refractivity contribution in [2.45, 2.75) is 45.3 Å². The molecule has 2 unspecified atom stereocenters. The molecule has 1 heterocycles. The summed E-state index contributed by atoms with van der Waals surface area (Å²) in [7, 11) is 1.79. The summed E-state index contributed by atoms with van der Waals surface area (Å²) >= 11 is 0. The Balaban J connectivity index is 1.38. The van der Waals surface area contributed by atoms with Crippen molar-refractivity contribution < 1.29 is 9.53 Å². The molecule has 1 saturated heterocycles. The molecule has 1 aliphatic rings. The van der Waals surface area contributed by atoms with Crippen molar-refractivity contribution in [1.82, 2.24) is 15.5 Å². The van der Waals surface area contributed by atoms with Crippen LogP contribution in [0, 0.1) is 0 Å². The molecule has 1 amide bonds. The second-order valence-electron chi connectivity index (χ2n) is 8.23. The summed E-state index contributed by atoms with van der Waals surface area (Å²) in [5.74, 6) is 1.42. The third-order valence-electron chi connectivity index (χ3n) is 5.62. The number of piperidine rings is 1. The summed E-state index contributed by atoms with van der Waals surface area (Å²) in [5, 5.41) is 9.65. The molecule has 2 aromatic carbocycles. The Hall–Kier alpha value is -3.06. The number of carbonyl (C=O) groups is 1. The normalized spacial score (nSPS) is 19.3. The van der Waals surface area contributed by atoms with Crippen molar-refractivity contribution in [3.63, 3.8) is 0 Å². The maximum atomic E-state index is 11.2. The van der Waals surface area contributed by atoms with E-state index in [2.05, 4.69) is 63.1 Å². The third-order valence-corrected chi connectivity index (χ3v) is 5.62. The summed E-state index contributed by atoms with van der Waals surface area (Å²) in [6.45, 7) is 6.99. The Morgan fingerprint density at radius 1 is 1.19 bits per heavy atom. The van der Waals surface area contributed by atoms with E-state index in [0.29, 0.717) is 25.2 Å². The number of nitrogens with one attached hydrogen (secondary N) is 3. The van der Waals surface area contributed by atoms with Crippen molar-refractivity contribution in [2.24, 2.45) is 4.99 Å². The molecule has 1 fully saturated rings. The van der Waals surface area contributed by atoms with E-state index in [9.17, 15) is 4.79 Å². The fraction of sp³-hybridized carbons (Fsp3) is 0.440. The maximum absolute atomic E-state index is 11.2. The zero-order valence-corrected chi connectivity index (χ0v) is 19.3. The first-order valence-corrected chi connectivity index (χ1v) is 11.3. The van der Waals surface area contributed by atoms with Crippen molar-refractivity contribution in [1.29, 1.82) is 0 Å². The van der Waals surface area contributed by atoms with Gasteiger partial charge in [-0.05, 0) is 37.5 Å². The van der Waals surface area contributed by atoms with E-state index in [1.165, 1.54) is 12.5 Å². The number of likely N-dealkylation sites (tertiary alicyclic amines) is 1. The van der Waals surface area contributed by atoms with Crippen LogP contribution in [0.4, 0.5) is 5.69 Å². The number of hydrogen-bond donors (Lipinski definition) is 3. The van der Waals surface area contributed by atoms with Crippen LogP contribution in [0.5, 0.6) is 5.75 Å². The van der Waals surface area contributed by atoms with Gasteiger partial charge in [-0.15, -0.1) is 0 Å². The monoisotopic (exact) mass is 437 g/mol. The fourth-order valence-electron chi connectivity index (χ4n) is 4.00. The first-order chi connectivity index (χ1) is 15.5. The summed E-state index contributed by atoms with van der Waals surface area (Å²) in [6.07, 6.45) is 2.17. The highest BCUT2D eigenvalue weighted by atomic mass is 16.5. The van der Waals surface area contributed by atoms with E-state index in [1.807, 2.05) is 24.3 Å². The zero-order chi connectivity index (χ0) is 22.8. The molecule has 0 aromatic heterocycles. The molecule has 7 heteroatoms. The molecule has 0 saturated carbocycles. The number of rotatable bonds is 8. The van der Waals surface area contributed by atoms with Gasteiger partial charge in [0.1, 0.15) is 12.4 Å². The minimum atomic E-state index is -0.0982. The van der Waals surface area contributed by atoms with Crippen LogP contribution in [0.1, 0.15) is 32.3 Å². The van der Waals surface area contributed by atoms with Crippen molar-refractivity contribution in [3.8, 4) is 5.75 Å². The lowest BCUT2D eigenvalue weighted by Gasteiger charge is -2.38. The van der Waals surface area contributed by atoms with Gasteiger partial charge in [-0.3, -0.25) is 14.7 Å². The number of ether oxygens (including phenoxy) is 1. The SMILES string of the molecule is CN=C(NCCOc1cccc(NC(C)=O)c1)NC1CCN(Cc2ccccc2)C(C)C1. The maximum Gasteiger partial charge on any atom is 0.221 e. The average molecular weight is 438 g/mol. The van der Waals surface area contributed by atoms with Crippen LogP contribution in [0.25, 0.3) is 0 Å².